The molecule has 4 rings (SSSR count). The van der Waals surface area contributed by atoms with E-state index in [0.717, 1.165) is 42.8 Å². The molecular weight excluding hydrogens is 380 g/mol. The molecule has 0 aliphatic carbocycles. The smallest absolute Gasteiger partial charge is 0.255 e. The lowest BCUT2D eigenvalue weighted by Crippen LogP contribution is -2.51. The number of nitrogens with zero attached hydrogens (tertiary/aromatic N) is 3. The molecule has 1 unspecified atom stereocenters. The van der Waals surface area contributed by atoms with Crippen molar-refractivity contribution in [3.05, 3.63) is 59.4 Å². The van der Waals surface area contributed by atoms with Crippen LogP contribution in [0.5, 0.6) is 5.75 Å². The zero-order chi connectivity index (χ0) is 20.9. The molecule has 0 radical (unpaired) electrons. The Labute approximate surface area is 177 Å². The summed E-state index contributed by atoms with van der Waals surface area (Å²) in [4.78, 5) is 33.3. The predicted octanol–water partition coefficient (Wildman–Crippen LogP) is 1.73. The maximum absolute atomic E-state index is 13.0. The first-order valence-corrected chi connectivity index (χ1v) is 10.5. The molecule has 0 bridgehead atoms. The fourth-order valence-corrected chi connectivity index (χ4v) is 4.16. The van der Waals surface area contributed by atoms with E-state index in [9.17, 15) is 9.59 Å². The topological polar surface area (TPSA) is 74.8 Å². The predicted molar refractivity (Wildman–Crippen MR) is 113 cm³/mol. The molecule has 1 N–H and O–H groups in total. The molecule has 2 aromatic rings. The maximum atomic E-state index is 13.0. The van der Waals surface area contributed by atoms with E-state index in [0.29, 0.717) is 31.1 Å². The Bertz CT molecular complexity index is 911. The highest BCUT2D eigenvalue weighted by Gasteiger charge is 2.28. The number of benzene rings is 1. The SMILES string of the molecule is COc1cccc(CN2CCN(C(=O)c3cncc(CC4CCNC4)c3)CC2=O)c1. The van der Waals surface area contributed by atoms with Gasteiger partial charge in [-0.3, -0.25) is 14.6 Å². The number of hydrogen-bond acceptors (Lipinski definition) is 5. The van der Waals surface area contributed by atoms with E-state index in [2.05, 4.69) is 10.3 Å². The maximum Gasteiger partial charge on any atom is 0.255 e. The van der Waals surface area contributed by atoms with Crippen molar-refractivity contribution in [2.45, 2.75) is 19.4 Å². The standard InChI is InChI=1S/C23H28N4O3/c1-30-21-4-2-3-18(11-21)15-26-7-8-27(16-22(26)28)23(29)20-10-19(13-25-14-20)9-17-5-6-24-12-17/h2-4,10-11,13-14,17,24H,5-9,12,15-16H2,1H3. The highest BCUT2D eigenvalue weighted by atomic mass is 16.5. The third-order valence-electron chi connectivity index (χ3n) is 5.84. The van der Waals surface area contributed by atoms with Gasteiger partial charge in [0.2, 0.25) is 5.91 Å². The Morgan fingerprint density at radius 1 is 1.23 bits per heavy atom. The van der Waals surface area contributed by atoms with E-state index < -0.39 is 0 Å². The second-order valence-electron chi connectivity index (χ2n) is 8.04. The van der Waals surface area contributed by atoms with Crippen LogP contribution in [0.15, 0.2) is 42.7 Å². The molecule has 1 aromatic carbocycles. The van der Waals surface area contributed by atoms with Gasteiger partial charge in [-0.05, 0) is 61.2 Å². The molecule has 7 nitrogen and oxygen atoms in total. The van der Waals surface area contributed by atoms with Crippen LogP contribution in [0.2, 0.25) is 0 Å². The lowest BCUT2D eigenvalue weighted by molar-refractivity contribution is -0.135. The fraction of sp³-hybridized carbons (Fsp3) is 0.435. The second kappa shape index (κ2) is 9.26. The first-order valence-electron chi connectivity index (χ1n) is 10.5. The van der Waals surface area contributed by atoms with Crippen molar-refractivity contribution in [1.29, 1.82) is 0 Å². The van der Waals surface area contributed by atoms with Gasteiger partial charge in [0.05, 0.1) is 12.7 Å². The van der Waals surface area contributed by atoms with Gasteiger partial charge >= 0.3 is 0 Å². The average Bonchev–Trinajstić information content (AvgIpc) is 3.28. The van der Waals surface area contributed by atoms with Crippen molar-refractivity contribution in [3.8, 4) is 5.75 Å². The summed E-state index contributed by atoms with van der Waals surface area (Å²) in [5, 5.41) is 3.37. The van der Waals surface area contributed by atoms with Gasteiger partial charge in [0.15, 0.2) is 0 Å². The molecule has 30 heavy (non-hydrogen) atoms. The highest BCUT2D eigenvalue weighted by Crippen LogP contribution is 2.18. The van der Waals surface area contributed by atoms with Crippen molar-refractivity contribution in [2.24, 2.45) is 5.92 Å². The van der Waals surface area contributed by atoms with Crippen molar-refractivity contribution in [1.82, 2.24) is 20.1 Å². The van der Waals surface area contributed by atoms with Crippen LogP contribution in [0.25, 0.3) is 0 Å². The number of carbonyl (C=O) groups is 2. The van der Waals surface area contributed by atoms with Gasteiger partial charge in [-0.15, -0.1) is 0 Å². The lowest BCUT2D eigenvalue weighted by Gasteiger charge is -2.34. The summed E-state index contributed by atoms with van der Waals surface area (Å²) in [6, 6.07) is 9.64. The Hall–Kier alpha value is -2.93. The zero-order valence-corrected chi connectivity index (χ0v) is 17.3. The first-order chi connectivity index (χ1) is 14.6. The summed E-state index contributed by atoms with van der Waals surface area (Å²) in [5.74, 6) is 1.20. The molecule has 2 saturated heterocycles. The molecule has 0 saturated carbocycles. The number of amides is 2. The molecule has 2 fully saturated rings. The minimum Gasteiger partial charge on any atom is -0.497 e. The minimum absolute atomic E-state index is 0.0430. The molecule has 2 amide bonds. The minimum atomic E-state index is -0.122. The van der Waals surface area contributed by atoms with E-state index in [4.69, 9.17) is 4.74 Å². The van der Waals surface area contributed by atoms with Crippen LogP contribution in [0.3, 0.4) is 0 Å². The van der Waals surface area contributed by atoms with E-state index in [-0.39, 0.29) is 18.4 Å². The quantitative estimate of drug-likeness (QED) is 0.788. The van der Waals surface area contributed by atoms with Crippen LogP contribution < -0.4 is 10.1 Å². The van der Waals surface area contributed by atoms with E-state index >= 15 is 0 Å². The summed E-state index contributed by atoms with van der Waals surface area (Å²) in [7, 11) is 1.63. The third-order valence-corrected chi connectivity index (χ3v) is 5.84. The number of ether oxygens (including phenoxy) is 1. The van der Waals surface area contributed by atoms with Crippen molar-refractivity contribution in [2.75, 3.05) is 39.8 Å². The van der Waals surface area contributed by atoms with Crippen LogP contribution in [0, 0.1) is 5.92 Å². The molecule has 0 spiro atoms. The van der Waals surface area contributed by atoms with Crippen LogP contribution in [0.4, 0.5) is 0 Å². The molecule has 2 aliphatic heterocycles. The summed E-state index contributed by atoms with van der Waals surface area (Å²) >= 11 is 0. The molecule has 2 aliphatic rings. The van der Waals surface area contributed by atoms with Crippen LogP contribution in [0.1, 0.15) is 27.9 Å². The Morgan fingerprint density at radius 3 is 2.90 bits per heavy atom. The summed E-state index contributed by atoms with van der Waals surface area (Å²) in [6.07, 6.45) is 5.52. The Balaban J connectivity index is 1.36. The van der Waals surface area contributed by atoms with Gasteiger partial charge in [-0.25, -0.2) is 0 Å². The van der Waals surface area contributed by atoms with Gasteiger partial charge in [-0.2, -0.15) is 0 Å². The fourth-order valence-electron chi connectivity index (χ4n) is 4.16. The summed E-state index contributed by atoms with van der Waals surface area (Å²) in [6.45, 7) is 3.72. The van der Waals surface area contributed by atoms with Gasteiger partial charge < -0.3 is 19.9 Å². The van der Waals surface area contributed by atoms with Gasteiger partial charge in [0.25, 0.3) is 5.91 Å². The largest absolute Gasteiger partial charge is 0.497 e. The summed E-state index contributed by atoms with van der Waals surface area (Å²) in [5.41, 5.74) is 2.66. The monoisotopic (exact) mass is 408 g/mol. The van der Waals surface area contributed by atoms with E-state index in [1.54, 1.807) is 23.1 Å². The first kappa shape index (κ1) is 20.3. The summed E-state index contributed by atoms with van der Waals surface area (Å²) < 4.78 is 5.25. The second-order valence-corrected chi connectivity index (χ2v) is 8.04. The molecule has 3 heterocycles. The van der Waals surface area contributed by atoms with Crippen LogP contribution >= 0.6 is 0 Å². The number of piperazine rings is 1. The molecule has 158 valence electrons. The number of carbonyl (C=O) groups excluding carboxylic acids is 2. The lowest BCUT2D eigenvalue weighted by atomic mass is 9.99. The number of hydrogen-bond donors (Lipinski definition) is 1. The third kappa shape index (κ3) is 4.79. The number of nitrogens with one attached hydrogen (secondary N) is 1. The van der Waals surface area contributed by atoms with Gasteiger partial charge in [0.1, 0.15) is 12.3 Å². The number of pyridine rings is 1. The van der Waals surface area contributed by atoms with E-state index in [1.165, 1.54) is 0 Å². The van der Waals surface area contributed by atoms with Crippen molar-refractivity contribution >= 4 is 11.8 Å². The normalized spacial score (nSPS) is 19.2. The number of aromatic nitrogens is 1. The molecular formula is C23H28N4O3. The number of methoxy groups -OCH3 is 1. The van der Waals surface area contributed by atoms with Crippen LogP contribution in [-0.4, -0.2) is 66.4 Å². The van der Waals surface area contributed by atoms with E-state index in [1.807, 2.05) is 36.5 Å². The molecule has 7 heteroatoms. The Kier molecular flexibility index (Phi) is 6.28. The number of rotatable bonds is 6. The average molecular weight is 409 g/mol. The van der Waals surface area contributed by atoms with Crippen molar-refractivity contribution < 1.29 is 14.3 Å². The molecule has 1 atom stereocenters. The molecule has 1 aromatic heterocycles. The van der Waals surface area contributed by atoms with Gasteiger partial charge in [-0.1, -0.05) is 12.1 Å². The van der Waals surface area contributed by atoms with Gasteiger partial charge in [0, 0.05) is 32.0 Å². The van der Waals surface area contributed by atoms with Crippen LogP contribution in [-0.2, 0) is 17.8 Å². The zero-order valence-electron chi connectivity index (χ0n) is 17.3. The van der Waals surface area contributed by atoms with Crippen molar-refractivity contribution in [3.63, 3.8) is 0 Å². The highest BCUT2D eigenvalue weighted by molar-refractivity contribution is 5.97. The Morgan fingerprint density at radius 2 is 2.13 bits per heavy atom.